The lowest BCUT2D eigenvalue weighted by atomic mass is 9.80. The number of furan rings is 1. The molecule has 0 saturated carbocycles. The van der Waals surface area contributed by atoms with E-state index in [1.807, 2.05) is 12.1 Å². The highest BCUT2D eigenvalue weighted by atomic mass is 16.3. The normalized spacial score (nSPS) is 11.6. The molecule has 1 heterocycles. The molecule has 0 saturated heterocycles. The minimum absolute atomic E-state index is 0.0259. The van der Waals surface area contributed by atoms with Gasteiger partial charge in [-0.05, 0) is 61.7 Å². The number of fused-ring (bicyclic) bond motifs is 3. The molecule has 0 bridgehead atoms. The monoisotopic (exact) mass is 742 g/mol. The average molecular weight is 743 g/mol. The zero-order valence-corrected chi connectivity index (χ0v) is 32.2. The summed E-state index contributed by atoms with van der Waals surface area (Å²) in [4.78, 5) is 0. The van der Waals surface area contributed by atoms with Crippen molar-refractivity contribution in [3.8, 4) is 11.1 Å². The van der Waals surface area contributed by atoms with Crippen LogP contribution in [0.25, 0.3) is 33.1 Å². The zero-order chi connectivity index (χ0) is 38.7. The maximum Gasteiger partial charge on any atom is 0.143 e. The summed E-state index contributed by atoms with van der Waals surface area (Å²) in [6.45, 7) is 0. The summed E-state index contributed by atoms with van der Waals surface area (Å²) in [5.41, 5.74) is 15.5. The molecule has 0 radical (unpaired) electrons. The quantitative estimate of drug-likeness (QED) is 0.127. The van der Waals surface area contributed by atoms with Crippen LogP contribution in [0.15, 0.2) is 241 Å². The molecular formula is C57H42O. The third-order valence-corrected chi connectivity index (χ3v) is 11.7. The molecule has 0 unspecified atom stereocenters. The van der Waals surface area contributed by atoms with Crippen molar-refractivity contribution in [2.75, 3.05) is 0 Å². The third-order valence-electron chi connectivity index (χ3n) is 11.7. The van der Waals surface area contributed by atoms with Crippen LogP contribution in [0, 0.1) is 0 Å². The smallest absolute Gasteiger partial charge is 0.143 e. The number of hydrogen-bond acceptors (Lipinski definition) is 1. The summed E-state index contributed by atoms with van der Waals surface area (Å²) in [6.07, 6.45) is 0. The van der Waals surface area contributed by atoms with Crippen LogP contribution in [-0.4, -0.2) is 0 Å². The minimum Gasteiger partial charge on any atom is -0.455 e. The number of hydrogen-bond donors (Lipinski definition) is 0. The van der Waals surface area contributed by atoms with E-state index in [0.717, 1.165) is 33.1 Å². The second-order valence-corrected chi connectivity index (χ2v) is 15.2. The predicted octanol–water partition coefficient (Wildman–Crippen LogP) is 14.8. The molecule has 1 heteroatoms. The van der Waals surface area contributed by atoms with Gasteiger partial charge in [0, 0.05) is 34.1 Å². The SMILES string of the molecule is c1ccc(C(c2ccccc2)c2ccc(C(c3ccc(-c4cccc5c4oc4ccccc45)cc3)c3ccc(C(c4ccccc4)c4ccccc4)cc3)cc2)cc1. The molecule has 0 aliphatic rings. The van der Waals surface area contributed by atoms with Gasteiger partial charge in [0.2, 0.25) is 0 Å². The Balaban J connectivity index is 1.06. The van der Waals surface area contributed by atoms with Crippen LogP contribution >= 0.6 is 0 Å². The second kappa shape index (κ2) is 15.7. The number of para-hydroxylation sites is 2. The highest BCUT2D eigenvalue weighted by Gasteiger charge is 2.23. The first-order valence-electron chi connectivity index (χ1n) is 20.2. The zero-order valence-electron chi connectivity index (χ0n) is 32.2. The van der Waals surface area contributed by atoms with Gasteiger partial charge in [0.25, 0.3) is 0 Å². The first-order valence-corrected chi connectivity index (χ1v) is 20.2. The molecule has 0 aliphatic heterocycles. The fraction of sp³-hybridized carbons (Fsp3) is 0.0526. The molecule has 1 aromatic heterocycles. The topological polar surface area (TPSA) is 13.1 Å². The Morgan fingerprint density at radius 3 is 0.948 bits per heavy atom. The second-order valence-electron chi connectivity index (χ2n) is 15.2. The van der Waals surface area contributed by atoms with Gasteiger partial charge in [0.1, 0.15) is 11.2 Å². The molecule has 0 N–H and O–H groups in total. The van der Waals surface area contributed by atoms with E-state index in [0.29, 0.717) is 0 Å². The van der Waals surface area contributed by atoms with Gasteiger partial charge in [0.15, 0.2) is 0 Å². The van der Waals surface area contributed by atoms with Gasteiger partial charge in [-0.25, -0.2) is 0 Å². The lowest BCUT2D eigenvalue weighted by Crippen LogP contribution is -2.07. The van der Waals surface area contributed by atoms with Crippen molar-refractivity contribution in [2.45, 2.75) is 17.8 Å². The molecule has 0 atom stereocenters. The van der Waals surface area contributed by atoms with E-state index >= 15 is 0 Å². The van der Waals surface area contributed by atoms with Crippen LogP contribution < -0.4 is 0 Å². The standard InChI is InChI=1S/C57H42O/c1-5-16-41(17-6-1)54(42-18-7-2-8-19-42)46-32-36-48(37-33-46)56(49-38-34-47(35-39-49)55(43-20-9-3-10-21-43)44-22-11-4-12-23-44)45-30-28-40(29-31-45)50-25-15-26-52-51-24-13-14-27-53(51)58-57(50)52/h1-39,54-56H. The molecule has 276 valence electrons. The van der Waals surface area contributed by atoms with Crippen LogP contribution in [-0.2, 0) is 0 Å². The Bertz CT molecular complexity index is 2690. The summed E-state index contributed by atoms with van der Waals surface area (Å²) in [6, 6.07) is 85.9. The molecule has 0 aliphatic carbocycles. The molecule has 0 spiro atoms. The lowest BCUT2D eigenvalue weighted by molar-refractivity contribution is 0.670. The predicted molar refractivity (Wildman–Crippen MR) is 241 cm³/mol. The largest absolute Gasteiger partial charge is 0.455 e. The summed E-state index contributed by atoms with van der Waals surface area (Å²) < 4.78 is 6.44. The Morgan fingerprint density at radius 1 is 0.241 bits per heavy atom. The van der Waals surface area contributed by atoms with Crippen molar-refractivity contribution >= 4 is 21.9 Å². The van der Waals surface area contributed by atoms with Crippen molar-refractivity contribution in [1.82, 2.24) is 0 Å². The average Bonchev–Trinajstić information content (AvgIpc) is 3.69. The van der Waals surface area contributed by atoms with Gasteiger partial charge in [-0.1, -0.05) is 231 Å². The van der Waals surface area contributed by atoms with Crippen LogP contribution in [0.3, 0.4) is 0 Å². The summed E-state index contributed by atoms with van der Waals surface area (Å²) in [5.74, 6) is 0.308. The molecule has 9 aromatic carbocycles. The van der Waals surface area contributed by atoms with E-state index in [-0.39, 0.29) is 17.8 Å². The van der Waals surface area contributed by atoms with Crippen LogP contribution in [0.2, 0.25) is 0 Å². The van der Waals surface area contributed by atoms with Crippen molar-refractivity contribution in [1.29, 1.82) is 0 Å². The maximum absolute atomic E-state index is 6.44. The van der Waals surface area contributed by atoms with Crippen molar-refractivity contribution in [3.63, 3.8) is 0 Å². The van der Waals surface area contributed by atoms with Gasteiger partial charge in [-0.2, -0.15) is 0 Å². The Hall–Kier alpha value is -7.22. The van der Waals surface area contributed by atoms with E-state index in [1.54, 1.807) is 0 Å². The van der Waals surface area contributed by atoms with E-state index < -0.39 is 0 Å². The third kappa shape index (κ3) is 6.82. The molecule has 0 fully saturated rings. The fourth-order valence-corrected chi connectivity index (χ4v) is 8.91. The highest BCUT2D eigenvalue weighted by Crippen LogP contribution is 2.40. The van der Waals surface area contributed by atoms with Crippen molar-refractivity contribution in [3.05, 3.63) is 287 Å². The summed E-state index contributed by atoms with van der Waals surface area (Å²) >= 11 is 0. The molecule has 1 nitrogen and oxygen atoms in total. The molecule has 0 amide bonds. The summed E-state index contributed by atoms with van der Waals surface area (Å²) in [7, 11) is 0. The van der Waals surface area contributed by atoms with Gasteiger partial charge in [0.05, 0.1) is 0 Å². The Labute approximate surface area is 340 Å². The van der Waals surface area contributed by atoms with Crippen molar-refractivity contribution in [2.24, 2.45) is 0 Å². The maximum atomic E-state index is 6.44. The van der Waals surface area contributed by atoms with Gasteiger partial charge in [-0.15, -0.1) is 0 Å². The highest BCUT2D eigenvalue weighted by molar-refractivity contribution is 6.09. The first kappa shape index (κ1) is 35.2. The Kier molecular flexibility index (Phi) is 9.55. The molecular weight excluding hydrogens is 701 g/mol. The molecule has 10 rings (SSSR count). The van der Waals surface area contributed by atoms with Crippen LogP contribution in [0.4, 0.5) is 0 Å². The summed E-state index contributed by atoms with van der Waals surface area (Å²) in [5, 5.41) is 2.29. The van der Waals surface area contributed by atoms with Crippen molar-refractivity contribution < 1.29 is 4.42 Å². The minimum atomic E-state index is 0.0259. The number of rotatable bonds is 10. The van der Waals surface area contributed by atoms with E-state index in [4.69, 9.17) is 4.42 Å². The molecule has 10 aromatic rings. The Morgan fingerprint density at radius 2 is 0.552 bits per heavy atom. The van der Waals surface area contributed by atoms with E-state index in [1.165, 1.54) is 50.1 Å². The fourth-order valence-electron chi connectivity index (χ4n) is 8.91. The lowest BCUT2D eigenvalue weighted by Gasteiger charge is -2.23. The van der Waals surface area contributed by atoms with Crippen LogP contribution in [0.5, 0.6) is 0 Å². The van der Waals surface area contributed by atoms with Gasteiger partial charge >= 0.3 is 0 Å². The number of benzene rings is 9. The van der Waals surface area contributed by atoms with Gasteiger partial charge < -0.3 is 4.42 Å². The van der Waals surface area contributed by atoms with Crippen LogP contribution in [0.1, 0.15) is 67.8 Å². The molecule has 58 heavy (non-hydrogen) atoms. The first-order chi connectivity index (χ1) is 28.8. The van der Waals surface area contributed by atoms with E-state index in [2.05, 4.69) is 224 Å². The van der Waals surface area contributed by atoms with Gasteiger partial charge in [-0.3, -0.25) is 0 Å². The van der Waals surface area contributed by atoms with E-state index in [9.17, 15) is 0 Å².